The third kappa shape index (κ3) is 2.81. The summed E-state index contributed by atoms with van der Waals surface area (Å²) in [6, 6.07) is 8.37. The normalized spacial score (nSPS) is 10.4. The van der Waals surface area contributed by atoms with E-state index in [1.165, 1.54) is 11.9 Å². The van der Waals surface area contributed by atoms with Crippen LogP contribution in [0.2, 0.25) is 0 Å². The predicted molar refractivity (Wildman–Crippen MR) is 81.7 cm³/mol. The first-order chi connectivity index (χ1) is 10.3. The number of non-ortho nitro benzene ring substituents is 1. The second kappa shape index (κ2) is 5.93. The Morgan fingerprint density at radius 1 is 1.23 bits per heavy atom. The molecule has 0 aliphatic carbocycles. The molecule has 0 heterocycles. The fraction of sp³-hybridized carbons (Fsp3) is 0.188. The first-order valence-corrected chi connectivity index (χ1v) is 6.61. The number of nitrogens with zero attached hydrogens (tertiary/aromatic N) is 2. The molecule has 0 aliphatic rings. The van der Waals surface area contributed by atoms with Crippen molar-refractivity contribution in [2.24, 2.45) is 0 Å². The number of carbonyl (C=O) groups excluding carboxylic acids is 1. The van der Waals surface area contributed by atoms with Crippen LogP contribution in [0.25, 0.3) is 0 Å². The van der Waals surface area contributed by atoms with Crippen LogP contribution in [0.5, 0.6) is 0 Å². The van der Waals surface area contributed by atoms with Crippen LogP contribution < -0.4 is 4.90 Å². The summed E-state index contributed by atoms with van der Waals surface area (Å²) < 4.78 is 13.9. The molecule has 0 spiro atoms. The van der Waals surface area contributed by atoms with E-state index >= 15 is 0 Å². The Morgan fingerprint density at radius 3 is 2.55 bits per heavy atom. The predicted octanol–water partition coefficient (Wildman–Crippen LogP) is 3.63. The highest BCUT2D eigenvalue weighted by molar-refractivity contribution is 6.06. The van der Waals surface area contributed by atoms with Gasteiger partial charge in [-0.1, -0.05) is 12.1 Å². The van der Waals surface area contributed by atoms with E-state index in [-0.39, 0.29) is 11.3 Å². The summed E-state index contributed by atoms with van der Waals surface area (Å²) in [5.74, 6) is -1.41. The van der Waals surface area contributed by atoms with Gasteiger partial charge in [0, 0.05) is 24.9 Å². The van der Waals surface area contributed by atoms with E-state index in [4.69, 9.17) is 0 Å². The summed E-state index contributed by atoms with van der Waals surface area (Å²) in [6.07, 6.45) is 0. The fourth-order valence-corrected chi connectivity index (χ4v) is 2.18. The molecule has 0 N–H and O–H groups in total. The van der Waals surface area contributed by atoms with E-state index in [0.717, 1.165) is 29.3 Å². The number of halogens is 1. The van der Waals surface area contributed by atoms with Gasteiger partial charge in [-0.15, -0.1) is 0 Å². The van der Waals surface area contributed by atoms with Crippen LogP contribution in [0.3, 0.4) is 0 Å². The van der Waals surface area contributed by atoms with Crippen LogP contribution in [0.4, 0.5) is 15.8 Å². The van der Waals surface area contributed by atoms with Gasteiger partial charge in [0.05, 0.1) is 10.5 Å². The van der Waals surface area contributed by atoms with Gasteiger partial charge in [-0.2, -0.15) is 0 Å². The van der Waals surface area contributed by atoms with Crippen molar-refractivity contribution in [3.63, 3.8) is 0 Å². The molecule has 0 aromatic heterocycles. The number of benzene rings is 2. The topological polar surface area (TPSA) is 63.5 Å². The Labute approximate surface area is 127 Å². The minimum Gasteiger partial charge on any atom is -0.311 e. The van der Waals surface area contributed by atoms with Crippen molar-refractivity contribution in [3.8, 4) is 0 Å². The zero-order valence-electron chi connectivity index (χ0n) is 12.5. The molecule has 0 aliphatic heterocycles. The lowest BCUT2D eigenvalue weighted by molar-refractivity contribution is -0.384. The molecule has 22 heavy (non-hydrogen) atoms. The van der Waals surface area contributed by atoms with Gasteiger partial charge in [-0.3, -0.25) is 14.9 Å². The number of nitro benzene ring substituents is 1. The van der Waals surface area contributed by atoms with E-state index in [9.17, 15) is 19.3 Å². The van der Waals surface area contributed by atoms with Crippen molar-refractivity contribution in [3.05, 3.63) is 69.0 Å². The van der Waals surface area contributed by atoms with Gasteiger partial charge in [-0.05, 0) is 37.1 Å². The second-order valence-electron chi connectivity index (χ2n) is 5.00. The van der Waals surface area contributed by atoms with Gasteiger partial charge in [0.1, 0.15) is 5.82 Å². The second-order valence-corrected chi connectivity index (χ2v) is 5.00. The molecule has 114 valence electrons. The average molecular weight is 302 g/mol. The van der Waals surface area contributed by atoms with Crippen molar-refractivity contribution in [1.29, 1.82) is 0 Å². The molecule has 1 amide bonds. The quantitative estimate of drug-likeness (QED) is 0.642. The van der Waals surface area contributed by atoms with Crippen LogP contribution in [0.15, 0.2) is 36.4 Å². The summed E-state index contributed by atoms with van der Waals surface area (Å²) in [6.45, 7) is 3.77. The molecular formula is C16H15FN2O3. The van der Waals surface area contributed by atoms with Crippen LogP contribution in [0, 0.1) is 29.8 Å². The lowest BCUT2D eigenvalue weighted by Gasteiger charge is -2.20. The molecule has 0 saturated heterocycles. The molecule has 0 unspecified atom stereocenters. The number of aryl methyl sites for hydroxylation is 1. The van der Waals surface area contributed by atoms with Gasteiger partial charge in [0.15, 0.2) is 0 Å². The highest BCUT2D eigenvalue weighted by Crippen LogP contribution is 2.25. The summed E-state index contributed by atoms with van der Waals surface area (Å²) in [5.41, 5.74) is 1.88. The number of carbonyl (C=O) groups is 1. The highest BCUT2D eigenvalue weighted by atomic mass is 19.1. The number of rotatable bonds is 3. The SMILES string of the molecule is Cc1cccc(N(C)C(=O)c2cc([N+](=O)[O-])ccc2F)c1C. The van der Waals surface area contributed by atoms with Crippen LogP contribution in [-0.2, 0) is 0 Å². The van der Waals surface area contributed by atoms with Crippen molar-refractivity contribution < 1.29 is 14.1 Å². The van der Waals surface area contributed by atoms with Crippen molar-refractivity contribution in [1.82, 2.24) is 0 Å². The summed E-state index contributed by atoms with van der Waals surface area (Å²) in [5, 5.41) is 10.8. The Bertz CT molecular complexity index is 759. The van der Waals surface area contributed by atoms with Gasteiger partial charge in [-0.25, -0.2) is 4.39 Å². The van der Waals surface area contributed by atoms with Crippen LogP contribution >= 0.6 is 0 Å². The van der Waals surface area contributed by atoms with Crippen molar-refractivity contribution in [2.75, 3.05) is 11.9 Å². The molecule has 0 saturated carbocycles. The minimum atomic E-state index is -0.784. The molecule has 6 heteroatoms. The Hall–Kier alpha value is -2.76. The molecule has 2 rings (SSSR count). The fourth-order valence-electron chi connectivity index (χ4n) is 2.18. The van der Waals surface area contributed by atoms with Crippen molar-refractivity contribution in [2.45, 2.75) is 13.8 Å². The van der Waals surface area contributed by atoms with Gasteiger partial charge >= 0.3 is 0 Å². The Kier molecular flexibility index (Phi) is 4.21. The smallest absolute Gasteiger partial charge is 0.270 e. The average Bonchev–Trinajstić information content (AvgIpc) is 2.49. The maximum atomic E-state index is 13.9. The lowest BCUT2D eigenvalue weighted by atomic mass is 10.1. The van der Waals surface area contributed by atoms with Gasteiger partial charge < -0.3 is 4.90 Å². The number of amides is 1. The molecular weight excluding hydrogens is 287 g/mol. The lowest BCUT2D eigenvalue weighted by Crippen LogP contribution is -2.28. The molecule has 2 aromatic carbocycles. The summed E-state index contributed by atoms with van der Waals surface area (Å²) in [7, 11) is 1.52. The van der Waals surface area contributed by atoms with Gasteiger partial charge in [0.2, 0.25) is 0 Å². The standard InChI is InChI=1S/C16H15FN2O3/c1-10-5-4-6-15(11(10)2)18(3)16(20)13-9-12(19(21)22)7-8-14(13)17/h4-9H,1-3H3. The van der Waals surface area contributed by atoms with E-state index in [1.807, 2.05) is 19.9 Å². The summed E-state index contributed by atoms with van der Waals surface area (Å²) in [4.78, 5) is 23.9. The monoisotopic (exact) mass is 302 g/mol. The number of hydrogen-bond donors (Lipinski definition) is 0. The van der Waals surface area contributed by atoms with E-state index in [0.29, 0.717) is 5.69 Å². The number of nitro groups is 1. The first kappa shape index (κ1) is 15.6. The molecule has 0 bridgehead atoms. The Morgan fingerprint density at radius 2 is 1.91 bits per heavy atom. The number of hydrogen-bond acceptors (Lipinski definition) is 3. The zero-order valence-corrected chi connectivity index (χ0v) is 12.5. The zero-order chi connectivity index (χ0) is 16.4. The molecule has 0 radical (unpaired) electrons. The Balaban J connectivity index is 2.45. The largest absolute Gasteiger partial charge is 0.311 e. The number of anilines is 1. The highest BCUT2D eigenvalue weighted by Gasteiger charge is 2.22. The van der Waals surface area contributed by atoms with Crippen molar-refractivity contribution >= 4 is 17.3 Å². The third-order valence-corrected chi connectivity index (χ3v) is 3.63. The van der Waals surface area contributed by atoms with Crippen LogP contribution in [-0.4, -0.2) is 17.9 Å². The molecule has 2 aromatic rings. The van der Waals surface area contributed by atoms with E-state index in [2.05, 4.69) is 0 Å². The summed E-state index contributed by atoms with van der Waals surface area (Å²) >= 11 is 0. The maximum Gasteiger partial charge on any atom is 0.270 e. The van der Waals surface area contributed by atoms with Crippen LogP contribution in [0.1, 0.15) is 21.5 Å². The van der Waals surface area contributed by atoms with Gasteiger partial charge in [0.25, 0.3) is 11.6 Å². The third-order valence-electron chi connectivity index (χ3n) is 3.63. The molecule has 0 fully saturated rings. The maximum absolute atomic E-state index is 13.9. The minimum absolute atomic E-state index is 0.320. The molecule has 5 nitrogen and oxygen atoms in total. The van der Waals surface area contributed by atoms with E-state index in [1.54, 1.807) is 12.1 Å². The van der Waals surface area contributed by atoms with E-state index < -0.39 is 16.6 Å². The first-order valence-electron chi connectivity index (χ1n) is 6.61. The molecule has 0 atom stereocenters.